The molecule has 1 fully saturated rings. The van der Waals surface area contributed by atoms with Gasteiger partial charge in [0.05, 0.1) is 7.11 Å². The first-order chi connectivity index (χ1) is 8.63. The molecule has 0 saturated heterocycles. The number of benzene rings is 1. The fourth-order valence-electron chi connectivity index (χ4n) is 2.14. The fourth-order valence-corrected chi connectivity index (χ4v) is 2.14. The fraction of sp³-hybridized carbons (Fsp3) is 0.500. The third-order valence-electron chi connectivity index (χ3n) is 3.35. The molecule has 1 saturated carbocycles. The van der Waals surface area contributed by atoms with Crippen molar-refractivity contribution in [3.8, 4) is 0 Å². The Morgan fingerprint density at radius 1 is 1.44 bits per heavy atom. The highest BCUT2D eigenvalue weighted by Gasteiger charge is 2.37. The van der Waals surface area contributed by atoms with Crippen LogP contribution in [-0.2, 0) is 9.53 Å². The minimum absolute atomic E-state index is 0.212. The molecule has 0 bridgehead atoms. The van der Waals surface area contributed by atoms with Gasteiger partial charge in [-0.1, -0.05) is 18.2 Å². The molecule has 1 aromatic rings. The zero-order valence-corrected chi connectivity index (χ0v) is 10.7. The van der Waals surface area contributed by atoms with Gasteiger partial charge in [-0.25, -0.2) is 4.39 Å². The lowest BCUT2D eigenvalue weighted by Gasteiger charge is -2.21. The molecule has 18 heavy (non-hydrogen) atoms. The number of ether oxygens (including phenoxy) is 1. The number of esters is 1. The lowest BCUT2D eigenvalue weighted by Crippen LogP contribution is -2.41. The summed E-state index contributed by atoms with van der Waals surface area (Å²) in [7, 11) is 1.38. The van der Waals surface area contributed by atoms with E-state index >= 15 is 0 Å². The third-order valence-corrected chi connectivity index (χ3v) is 3.35. The van der Waals surface area contributed by atoms with Crippen LogP contribution in [0.15, 0.2) is 24.3 Å². The van der Waals surface area contributed by atoms with Gasteiger partial charge in [0.2, 0.25) is 0 Å². The summed E-state index contributed by atoms with van der Waals surface area (Å²) in [4.78, 5) is 11.7. The highest BCUT2D eigenvalue weighted by molar-refractivity contribution is 5.76. The Morgan fingerprint density at radius 2 is 2.11 bits per heavy atom. The van der Waals surface area contributed by atoms with Gasteiger partial charge in [0.25, 0.3) is 0 Å². The summed E-state index contributed by atoms with van der Waals surface area (Å²) in [5, 5.41) is 3.17. The van der Waals surface area contributed by atoms with E-state index in [4.69, 9.17) is 4.74 Å². The minimum atomic E-state index is -0.329. The summed E-state index contributed by atoms with van der Waals surface area (Å²) in [6, 6.07) is 6.07. The maximum atomic E-state index is 13.6. The van der Waals surface area contributed by atoms with E-state index in [1.54, 1.807) is 18.2 Å². The largest absolute Gasteiger partial charge is 0.468 e. The standard InChI is InChI=1S/C14H18FNO2/c1-9(11-5-3-4-6-12(11)15)16-13(10-7-8-10)14(17)18-2/h3-6,9-10,13,16H,7-8H2,1-2H3. The topological polar surface area (TPSA) is 38.3 Å². The molecule has 1 aromatic carbocycles. The first kappa shape index (κ1) is 13.0. The summed E-state index contributed by atoms with van der Waals surface area (Å²) < 4.78 is 18.4. The molecule has 1 aliphatic carbocycles. The maximum absolute atomic E-state index is 13.6. The Labute approximate surface area is 106 Å². The van der Waals surface area contributed by atoms with Crippen LogP contribution in [0.4, 0.5) is 4.39 Å². The Hall–Kier alpha value is -1.42. The van der Waals surface area contributed by atoms with Gasteiger partial charge in [0.1, 0.15) is 11.9 Å². The summed E-state index contributed by atoms with van der Waals surface area (Å²) in [6.07, 6.45) is 2.05. The van der Waals surface area contributed by atoms with Crippen molar-refractivity contribution in [3.05, 3.63) is 35.6 Å². The van der Waals surface area contributed by atoms with Gasteiger partial charge < -0.3 is 4.74 Å². The number of hydrogen-bond acceptors (Lipinski definition) is 3. The van der Waals surface area contributed by atoms with Crippen molar-refractivity contribution in [1.29, 1.82) is 0 Å². The molecule has 0 spiro atoms. The predicted molar refractivity (Wildman–Crippen MR) is 66.5 cm³/mol. The third kappa shape index (κ3) is 2.88. The van der Waals surface area contributed by atoms with E-state index in [9.17, 15) is 9.18 Å². The van der Waals surface area contributed by atoms with Crippen molar-refractivity contribution in [2.45, 2.75) is 31.8 Å². The number of rotatable bonds is 5. The highest BCUT2D eigenvalue weighted by atomic mass is 19.1. The van der Waals surface area contributed by atoms with Crippen molar-refractivity contribution < 1.29 is 13.9 Å². The number of carbonyl (C=O) groups excluding carboxylic acids is 1. The molecule has 0 aliphatic heterocycles. The number of nitrogens with one attached hydrogen (secondary N) is 1. The van der Waals surface area contributed by atoms with Crippen molar-refractivity contribution in [1.82, 2.24) is 5.32 Å². The molecule has 2 rings (SSSR count). The Balaban J connectivity index is 2.07. The Kier molecular flexibility index (Phi) is 3.97. The van der Waals surface area contributed by atoms with Gasteiger partial charge in [-0.3, -0.25) is 10.1 Å². The number of hydrogen-bond donors (Lipinski definition) is 1. The van der Waals surface area contributed by atoms with Gasteiger partial charge >= 0.3 is 5.97 Å². The van der Waals surface area contributed by atoms with Crippen molar-refractivity contribution in [3.63, 3.8) is 0 Å². The highest BCUT2D eigenvalue weighted by Crippen LogP contribution is 2.34. The van der Waals surface area contributed by atoms with Gasteiger partial charge in [-0.05, 0) is 31.7 Å². The second kappa shape index (κ2) is 5.48. The van der Waals surface area contributed by atoms with Gasteiger partial charge in [-0.2, -0.15) is 0 Å². The van der Waals surface area contributed by atoms with E-state index in [1.807, 2.05) is 6.92 Å². The number of methoxy groups -OCH3 is 1. The molecule has 1 aliphatic rings. The zero-order chi connectivity index (χ0) is 13.1. The van der Waals surface area contributed by atoms with Crippen molar-refractivity contribution in [2.24, 2.45) is 5.92 Å². The SMILES string of the molecule is COC(=O)C(NC(C)c1ccccc1F)C1CC1. The van der Waals surface area contributed by atoms with Gasteiger partial charge in [0, 0.05) is 11.6 Å². The molecule has 0 aromatic heterocycles. The molecular formula is C14H18FNO2. The normalized spacial score (nSPS) is 18.2. The average molecular weight is 251 g/mol. The lowest BCUT2D eigenvalue weighted by molar-refractivity contribution is -0.144. The van der Waals surface area contributed by atoms with Crippen molar-refractivity contribution in [2.75, 3.05) is 7.11 Å². The minimum Gasteiger partial charge on any atom is -0.468 e. The van der Waals surface area contributed by atoms with E-state index in [1.165, 1.54) is 13.2 Å². The summed E-state index contributed by atoms with van der Waals surface area (Å²) in [5.74, 6) is -0.190. The quantitative estimate of drug-likeness (QED) is 0.817. The van der Waals surface area contributed by atoms with Crippen LogP contribution in [0.25, 0.3) is 0 Å². The second-order valence-corrected chi connectivity index (χ2v) is 4.75. The molecule has 98 valence electrons. The lowest BCUT2D eigenvalue weighted by atomic mass is 10.1. The Morgan fingerprint density at radius 3 is 2.67 bits per heavy atom. The monoisotopic (exact) mass is 251 g/mol. The zero-order valence-electron chi connectivity index (χ0n) is 10.7. The van der Waals surface area contributed by atoms with Crippen LogP contribution in [0.2, 0.25) is 0 Å². The molecule has 0 heterocycles. The van der Waals surface area contributed by atoms with E-state index in [2.05, 4.69) is 5.32 Å². The van der Waals surface area contributed by atoms with E-state index in [0.717, 1.165) is 12.8 Å². The first-order valence-electron chi connectivity index (χ1n) is 6.21. The number of halogens is 1. The van der Waals surface area contributed by atoms with Crippen LogP contribution in [0, 0.1) is 11.7 Å². The summed E-state index contributed by atoms with van der Waals surface area (Å²) in [5.41, 5.74) is 0.576. The summed E-state index contributed by atoms with van der Waals surface area (Å²) in [6.45, 7) is 1.86. The van der Waals surface area contributed by atoms with Crippen LogP contribution >= 0.6 is 0 Å². The van der Waals surface area contributed by atoms with E-state index < -0.39 is 0 Å². The van der Waals surface area contributed by atoms with Crippen LogP contribution in [0.3, 0.4) is 0 Å². The van der Waals surface area contributed by atoms with Crippen LogP contribution < -0.4 is 5.32 Å². The van der Waals surface area contributed by atoms with E-state index in [0.29, 0.717) is 11.5 Å². The Bertz CT molecular complexity index is 432. The second-order valence-electron chi connectivity index (χ2n) is 4.75. The molecule has 0 amide bonds. The molecule has 1 N–H and O–H groups in total. The van der Waals surface area contributed by atoms with Gasteiger partial charge in [0.15, 0.2) is 0 Å². The van der Waals surface area contributed by atoms with Crippen LogP contribution in [0.5, 0.6) is 0 Å². The average Bonchev–Trinajstić information content (AvgIpc) is 3.19. The summed E-state index contributed by atoms with van der Waals surface area (Å²) >= 11 is 0. The molecule has 2 unspecified atom stereocenters. The molecule has 4 heteroatoms. The molecule has 2 atom stereocenters. The number of carbonyl (C=O) groups is 1. The van der Waals surface area contributed by atoms with Gasteiger partial charge in [-0.15, -0.1) is 0 Å². The van der Waals surface area contributed by atoms with Crippen molar-refractivity contribution >= 4 is 5.97 Å². The maximum Gasteiger partial charge on any atom is 0.323 e. The molecule has 3 nitrogen and oxygen atoms in total. The predicted octanol–water partition coefficient (Wildman–Crippen LogP) is 2.43. The smallest absolute Gasteiger partial charge is 0.323 e. The first-order valence-corrected chi connectivity index (χ1v) is 6.21. The molecule has 0 radical (unpaired) electrons. The molecular weight excluding hydrogens is 233 g/mol. The van der Waals surface area contributed by atoms with Crippen LogP contribution in [-0.4, -0.2) is 19.1 Å². The van der Waals surface area contributed by atoms with Crippen LogP contribution in [0.1, 0.15) is 31.4 Å². The van der Waals surface area contributed by atoms with E-state index in [-0.39, 0.29) is 23.9 Å².